The van der Waals surface area contributed by atoms with E-state index in [-0.39, 0.29) is 23.6 Å². The Bertz CT molecular complexity index is 1200. The van der Waals surface area contributed by atoms with Crippen LogP contribution >= 0.6 is 0 Å². The van der Waals surface area contributed by atoms with Crippen LogP contribution in [0.25, 0.3) is 11.0 Å². The highest BCUT2D eigenvalue weighted by atomic mass is 16.5. The van der Waals surface area contributed by atoms with Crippen molar-refractivity contribution in [3.8, 4) is 5.75 Å². The molecule has 166 valence electrons. The number of likely N-dealkylation sites (tertiary alicyclic amines) is 1. The molecule has 1 amide bonds. The van der Waals surface area contributed by atoms with Gasteiger partial charge in [-0.1, -0.05) is 6.92 Å². The fraction of sp³-hybridized carbons (Fsp3) is 0.417. The van der Waals surface area contributed by atoms with Crippen molar-refractivity contribution in [2.45, 2.75) is 57.8 Å². The zero-order valence-corrected chi connectivity index (χ0v) is 18.3. The summed E-state index contributed by atoms with van der Waals surface area (Å²) in [5.41, 5.74) is 3.75. The largest absolute Gasteiger partial charge is 0.486 e. The summed E-state index contributed by atoms with van der Waals surface area (Å²) < 4.78 is 6.07. The zero-order valence-electron chi connectivity index (χ0n) is 18.3. The molecule has 0 unspecified atom stereocenters. The van der Waals surface area contributed by atoms with E-state index in [1.165, 1.54) is 0 Å². The number of hydrogen-bond donors (Lipinski definition) is 2. The van der Waals surface area contributed by atoms with E-state index < -0.39 is 0 Å². The molecule has 2 aliphatic rings. The first kappa shape index (κ1) is 20.6. The van der Waals surface area contributed by atoms with Crippen LogP contribution < -0.4 is 15.6 Å². The van der Waals surface area contributed by atoms with Crippen LogP contribution in [0.1, 0.15) is 48.3 Å². The molecule has 8 heteroatoms. The van der Waals surface area contributed by atoms with Crippen molar-refractivity contribution in [3.05, 3.63) is 63.8 Å². The van der Waals surface area contributed by atoms with Crippen LogP contribution in [0.4, 0.5) is 0 Å². The zero-order chi connectivity index (χ0) is 22.2. The average Bonchev–Trinajstić information content (AvgIpc) is 3.62. The number of H-pyrrole nitrogens is 1. The SMILES string of the molecule is CCc1cc2ncc(CN3C[C@H](Oc4ccc(C(=O)NC5CC5)nc4)[C@H]3C)cc2[nH]c1=O. The molecule has 3 aromatic rings. The lowest BCUT2D eigenvalue weighted by Crippen LogP contribution is -2.60. The van der Waals surface area contributed by atoms with Gasteiger partial charge in [0.15, 0.2) is 0 Å². The number of ether oxygens (including phenoxy) is 1. The van der Waals surface area contributed by atoms with E-state index in [1.807, 2.05) is 25.3 Å². The molecule has 5 rings (SSSR count). The third kappa shape index (κ3) is 4.23. The van der Waals surface area contributed by atoms with Crippen molar-refractivity contribution < 1.29 is 9.53 Å². The molecule has 2 fully saturated rings. The van der Waals surface area contributed by atoms with E-state index >= 15 is 0 Å². The lowest BCUT2D eigenvalue weighted by atomic mass is 10.00. The first-order valence-electron chi connectivity index (χ1n) is 11.2. The van der Waals surface area contributed by atoms with Crippen LogP contribution in [0.15, 0.2) is 41.5 Å². The van der Waals surface area contributed by atoms with Crippen LogP contribution in [0.3, 0.4) is 0 Å². The molecular formula is C24H27N5O3. The molecule has 2 N–H and O–H groups in total. The first-order valence-corrected chi connectivity index (χ1v) is 11.2. The molecule has 1 saturated carbocycles. The van der Waals surface area contributed by atoms with Crippen LogP contribution in [0, 0.1) is 0 Å². The second-order valence-corrected chi connectivity index (χ2v) is 8.71. The number of rotatable bonds is 7. The fourth-order valence-corrected chi connectivity index (χ4v) is 3.99. The lowest BCUT2D eigenvalue weighted by molar-refractivity contribution is -0.0415. The van der Waals surface area contributed by atoms with E-state index in [4.69, 9.17) is 4.74 Å². The van der Waals surface area contributed by atoms with Gasteiger partial charge in [0.1, 0.15) is 17.5 Å². The molecule has 2 atom stereocenters. The number of fused-ring (bicyclic) bond motifs is 1. The third-order valence-electron chi connectivity index (χ3n) is 6.29. The molecule has 4 heterocycles. The van der Waals surface area contributed by atoms with Gasteiger partial charge in [0.25, 0.3) is 11.5 Å². The van der Waals surface area contributed by atoms with Gasteiger partial charge in [-0.25, -0.2) is 4.98 Å². The van der Waals surface area contributed by atoms with Crippen molar-refractivity contribution in [3.63, 3.8) is 0 Å². The Morgan fingerprint density at radius 2 is 2.09 bits per heavy atom. The summed E-state index contributed by atoms with van der Waals surface area (Å²) in [6.45, 7) is 5.61. The standard InChI is InChI=1S/C24H27N5O3/c1-3-16-9-20-21(28-23(16)30)8-15(10-25-20)12-29-13-22(14(29)2)32-18-6-7-19(26-11-18)24(31)27-17-4-5-17/h6-11,14,17,22H,3-5,12-13H2,1-2H3,(H,27,31)(H,28,30)/t14-,22+/m1/s1. The molecular weight excluding hydrogens is 406 g/mol. The van der Waals surface area contributed by atoms with Crippen molar-refractivity contribution in [1.29, 1.82) is 0 Å². The Morgan fingerprint density at radius 1 is 1.25 bits per heavy atom. The van der Waals surface area contributed by atoms with E-state index in [2.05, 4.69) is 32.1 Å². The summed E-state index contributed by atoms with van der Waals surface area (Å²) >= 11 is 0. The van der Waals surface area contributed by atoms with Crippen LogP contribution in [-0.2, 0) is 13.0 Å². The Morgan fingerprint density at radius 3 is 2.78 bits per heavy atom. The molecule has 1 aliphatic heterocycles. The number of pyridine rings is 3. The second-order valence-electron chi connectivity index (χ2n) is 8.71. The second kappa shape index (κ2) is 8.35. The predicted molar refractivity (Wildman–Crippen MR) is 121 cm³/mol. The highest BCUT2D eigenvalue weighted by molar-refractivity contribution is 5.92. The van der Waals surface area contributed by atoms with Crippen molar-refractivity contribution in [2.75, 3.05) is 6.54 Å². The number of aryl methyl sites for hydroxylation is 1. The molecule has 0 bridgehead atoms. The Kier molecular flexibility index (Phi) is 5.38. The smallest absolute Gasteiger partial charge is 0.270 e. The third-order valence-corrected chi connectivity index (χ3v) is 6.29. The normalized spacial score (nSPS) is 20.7. The Hall–Kier alpha value is -3.26. The minimum absolute atomic E-state index is 0.0469. The van der Waals surface area contributed by atoms with Gasteiger partial charge in [0.05, 0.1) is 17.2 Å². The molecule has 0 radical (unpaired) electrons. The average molecular weight is 434 g/mol. The topological polar surface area (TPSA) is 100 Å². The quantitative estimate of drug-likeness (QED) is 0.594. The van der Waals surface area contributed by atoms with Crippen molar-refractivity contribution >= 4 is 16.9 Å². The van der Waals surface area contributed by atoms with Gasteiger partial charge in [-0.05, 0) is 56.0 Å². The van der Waals surface area contributed by atoms with E-state index in [0.717, 1.165) is 48.1 Å². The van der Waals surface area contributed by atoms with Gasteiger partial charge in [-0.3, -0.25) is 19.5 Å². The molecule has 1 saturated heterocycles. The van der Waals surface area contributed by atoms with E-state index in [0.29, 0.717) is 23.9 Å². The maximum Gasteiger partial charge on any atom is 0.270 e. The van der Waals surface area contributed by atoms with Crippen LogP contribution in [-0.4, -0.2) is 50.5 Å². The highest BCUT2D eigenvalue weighted by Gasteiger charge is 2.37. The number of hydrogen-bond acceptors (Lipinski definition) is 6. The Labute approximate surface area is 186 Å². The molecule has 0 spiro atoms. The number of amides is 1. The summed E-state index contributed by atoms with van der Waals surface area (Å²) in [5, 5.41) is 2.93. The molecule has 8 nitrogen and oxygen atoms in total. The minimum Gasteiger partial charge on any atom is -0.486 e. The van der Waals surface area contributed by atoms with Crippen molar-refractivity contribution in [1.82, 2.24) is 25.2 Å². The van der Waals surface area contributed by atoms with Gasteiger partial charge in [-0.2, -0.15) is 0 Å². The summed E-state index contributed by atoms with van der Waals surface area (Å²) in [7, 11) is 0. The van der Waals surface area contributed by atoms with Gasteiger partial charge in [-0.15, -0.1) is 0 Å². The maximum absolute atomic E-state index is 12.1. The summed E-state index contributed by atoms with van der Waals surface area (Å²) in [6, 6.07) is 7.92. The molecule has 32 heavy (non-hydrogen) atoms. The van der Waals surface area contributed by atoms with Gasteiger partial charge >= 0.3 is 0 Å². The van der Waals surface area contributed by atoms with E-state index in [1.54, 1.807) is 18.3 Å². The number of carbonyl (C=O) groups is 1. The van der Waals surface area contributed by atoms with E-state index in [9.17, 15) is 9.59 Å². The summed E-state index contributed by atoms with van der Waals surface area (Å²) in [5.74, 6) is 0.541. The monoisotopic (exact) mass is 433 g/mol. The van der Waals surface area contributed by atoms with Gasteiger partial charge < -0.3 is 15.0 Å². The Balaban J connectivity index is 1.18. The minimum atomic E-state index is -0.126. The van der Waals surface area contributed by atoms with Crippen LogP contribution in [0.5, 0.6) is 5.75 Å². The van der Waals surface area contributed by atoms with Gasteiger partial charge in [0, 0.05) is 36.9 Å². The summed E-state index contributed by atoms with van der Waals surface area (Å²) in [6.07, 6.45) is 6.34. The molecule has 1 aliphatic carbocycles. The highest BCUT2D eigenvalue weighted by Crippen LogP contribution is 2.26. The predicted octanol–water partition coefficient (Wildman–Crippen LogP) is 2.42. The summed E-state index contributed by atoms with van der Waals surface area (Å²) in [4.78, 5) is 38.2. The van der Waals surface area contributed by atoms with Gasteiger partial charge in [0.2, 0.25) is 0 Å². The number of nitrogens with zero attached hydrogens (tertiary/aromatic N) is 3. The van der Waals surface area contributed by atoms with Crippen LogP contribution in [0.2, 0.25) is 0 Å². The molecule has 3 aromatic heterocycles. The number of aromatic amines is 1. The fourth-order valence-electron chi connectivity index (χ4n) is 3.99. The van der Waals surface area contributed by atoms with Crippen molar-refractivity contribution in [2.24, 2.45) is 0 Å². The number of nitrogens with one attached hydrogen (secondary N) is 2. The maximum atomic E-state index is 12.1. The lowest BCUT2D eigenvalue weighted by Gasteiger charge is -2.45. The number of aromatic nitrogens is 3. The number of carbonyl (C=O) groups excluding carboxylic acids is 1. The first-order chi connectivity index (χ1) is 15.5. The molecule has 0 aromatic carbocycles.